The van der Waals surface area contributed by atoms with Crippen molar-refractivity contribution < 1.29 is 9.53 Å². The third-order valence-electron chi connectivity index (χ3n) is 1.36. The molecule has 0 amide bonds. The molecular weight excluding hydrogens is 244 g/mol. The fourth-order valence-electron chi connectivity index (χ4n) is 0.800. The van der Waals surface area contributed by atoms with E-state index in [4.69, 9.17) is 4.74 Å². The van der Waals surface area contributed by atoms with E-state index in [-0.39, 0.29) is 5.97 Å². The van der Waals surface area contributed by atoms with Crippen LogP contribution in [0.2, 0.25) is 0 Å². The maximum absolute atomic E-state index is 11.1. The summed E-state index contributed by atoms with van der Waals surface area (Å²) in [6, 6.07) is 7.07. The number of carbonyl (C=O) groups is 1. The molecule has 2 nitrogen and oxygen atoms in total. The average Bonchev–Trinajstić information content (AvgIpc) is 2.22. The van der Waals surface area contributed by atoms with Crippen molar-refractivity contribution in [1.82, 2.24) is 0 Å². The van der Waals surface area contributed by atoms with E-state index in [9.17, 15) is 4.79 Å². The van der Waals surface area contributed by atoms with Crippen LogP contribution in [0.1, 0.15) is 17.3 Å². The largest absolute Gasteiger partial charge is 0.462 e. The van der Waals surface area contributed by atoms with Crippen LogP contribution in [0.15, 0.2) is 28.7 Å². The highest BCUT2D eigenvalue weighted by molar-refractivity contribution is 9.10. The summed E-state index contributed by atoms with van der Waals surface area (Å²) < 4.78 is 5.77. The number of benzene rings is 1. The van der Waals surface area contributed by atoms with Crippen LogP contribution in [0.3, 0.4) is 0 Å². The molecule has 0 aliphatic rings. The Morgan fingerprint density at radius 1 is 1.36 bits per heavy atom. The van der Waals surface area contributed by atoms with Gasteiger partial charge in [-0.1, -0.05) is 15.9 Å². The van der Waals surface area contributed by atoms with Crippen molar-refractivity contribution in [3.05, 3.63) is 34.3 Å². The van der Waals surface area contributed by atoms with Crippen LogP contribution in [-0.4, -0.2) is 12.6 Å². The summed E-state index contributed by atoms with van der Waals surface area (Å²) in [7, 11) is 0. The normalized spacial score (nSPS) is 8.29. The van der Waals surface area contributed by atoms with Crippen LogP contribution in [-0.2, 0) is 4.74 Å². The lowest BCUT2D eigenvalue weighted by Crippen LogP contribution is -2.03. The molecule has 0 unspecified atom stereocenters. The Bertz CT molecular complexity index is 301. The molecule has 0 aliphatic carbocycles. The van der Waals surface area contributed by atoms with Gasteiger partial charge in [-0.2, -0.15) is 0 Å². The van der Waals surface area contributed by atoms with Crippen LogP contribution < -0.4 is 0 Å². The first-order valence-electron chi connectivity index (χ1n) is 4.00. The van der Waals surface area contributed by atoms with Crippen molar-refractivity contribution in [3.63, 3.8) is 0 Å². The molecule has 0 saturated heterocycles. The van der Waals surface area contributed by atoms with Crippen LogP contribution in [0, 0.1) is 12.8 Å². The van der Waals surface area contributed by atoms with E-state index in [1.165, 1.54) is 0 Å². The number of ether oxygens (including phenoxy) is 1. The topological polar surface area (TPSA) is 26.3 Å². The predicted molar refractivity (Wildman–Crippen MR) is 60.0 cm³/mol. The number of carbonyl (C=O) groups excluding carboxylic acids is 1. The fourth-order valence-corrected chi connectivity index (χ4v) is 1.06. The molecule has 0 bridgehead atoms. The summed E-state index contributed by atoms with van der Waals surface area (Å²) in [5.74, 6) is -0.273. The fraction of sp³-hybridized carbons (Fsp3) is 0.182. The van der Waals surface area contributed by atoms with Crippen LogP contribution >= 0.6 is 15.9 Å². The molecule has 74 valence electrons. The van der Waals surface area contributed by atoms with Crippen molar-refractivity contribution in [3.8, 4) is 12.8 Å². The lowest BCUT2D eigenvalue weighted by molar-refractivity contribution is 0.0526. The number of hydrogen-bond donors (Lipinski definition) is 0. The van der Waals surface area contributed by atoms with Gasteiger partial charge in [-0.15, -0.1) is 12.8 Å². The summed E-state index contributed by atoms with van der Waals surface area (Å²) in [4.78, 5) is 11.1. The number of rotatable bonds is 2. The van der Waals surface area contributed by atoms with Crippen molar-refractivity contribution >= 4 is 21.9 Å². The van der Waals surface area contributed by atoms with Gasteiger partial charge in [0.25, 0.3) is 0 Å². The van der Waals surface area contributed by atoms with Crippen LogP contribution in [0.5, 0.6) is 0 Å². The molecule has 3 heteroatoms. The van der Waals surface area contributed by atoms with Gasteiger partial charge in [0.2, 0.25) is 0 Å². The summed E-state index contributed by atoms with van der Waals surface area (Å²) in [5, 5.41) is 0. The van der Waals surface area contributed by atoms with Gasteiger partial charge in [-0.05, 0) is 31.2 Å². The Balaban J connectivity index is 0.000000791. The first-order valence-corrected chi connectivity index (χ1v) is 4.79. The lowest BCUT2D eigenvalue weighted by Gasteiger charge is -2.00. The second-order valence-corrected chi connectivity index (χ2v) is 3.14. The van der Waals surface area contributed by atoms with Gasteiger partial charge in [-0.3, -0.25) is 0 Å². The number of terminal acetylenes is 1. The van der Waals surface area contributed by atoms with Gasteiger partial charge in [0.05, 0.1) is 12.2 Å². The predicted octanol–water partition coefficient (Wildman–Crippen LogP) is 2.88. The van der Waals surface area contributed by atoms with Crippen molar-refractivity contribution in [2.45, 2.75) is 6.92 Å². The maximum Gasteiger partial charge on any atom is 0.338 e. The minimum Gasteiger partial charge on any atom is -0.462 e. The van der Waals surface area contributed by atoms with E-state index in [2.05, 4.69) is 28.8 Å². The SMILES string of the molecule is C#C.CCOC(=O)c1ccc(Br)cc1. The highest BCUT2D eigenvalue weighted by Gasteiger charge is 2.03. The molecule has 0 N–H and O–H groups in total. The third-order valence-corrected chi connectivity index (χ3v) is 1.88. The Hall–Kier alpha value is -1.27. The van der Waals surface area contributed by atoms with Gasteiger partial charge in [0.1, 0.15) is 0 Å². The van der Waals surface area contributed by atoms with E-state index in [0.29, 0.717) is 12.2 Å². The first-order chi connectivity index (χ1) is 6.74. The zero-order chi connectivity index (χ0) is 11.0. The molecular formula is C11H11BrO2. The van der Waals surface area contributed by atoms with Gasteiger partial charge in [-0.25, -0.2) is 4.79 Å². The smallest absolute Gasteiger partial charge is 0.338 e. The molecule has 0 radical (unpaired) electrons. The molecule has 0 aliphatic heterocycles. The molecule has 1 aromatic rings. The third kappa shape index (κ3) is 4.11. The van der Waals surface area contributed by atoms with E-state index in [0.717, 1.165) is 4.47 Å². The van der Waals surface area contributed by atoms with Gasteiger partial charge >= 0.3 is 5.97 Å². The zero-order valence-electron chi connectivity index (χ0n) is 7.87. The Labute approximate surface area is 92.4 Å². The summed E-state index contributed by atoms with van der Waals surface area (Å²) >= 11 is 3.28. The van der Waals surface area contributed by atoms with Crippen LogP contribution in [0.25, 0.3) is 0 Å². The molecule has 0 spiro atoms. The van der Waals surface area contributed by atoms with E-state index >= 15 is 0 Å². The second kappa shape index (κ2) is 7.16. The van der Waals surface area contributed by atoms with Crippen molar-refractivity contribution in [1.29, 1.82) is 0 Å². The molecule has 0 aromatic heterocycles. The monoisotopic (exact) mass is 254 g/mol. The van der Waals surface area contributed by atoms with E-state index in [1.54, 1.807) is 19.1 Å². The summed E-state index contributed by atoms with van der Waals surface area (Å²) in [5.41, 5.74) is 0.583. The first kappa shape index (κ1) is 12.7. The Morgan fingerprint density at radius 3 is 2.29 bits per heavy atom. The van der Waals surface area contributed by atoms with Crippen molar-refractivity contribution in [2.75, 3.05) is 6.61 Å². The van der Waals surface area contributed by atoms with Crippen LogP contribution in [0.4, 0.5) is 0 Å². The number of halogens is 1. The molecule has 14 heavy (non-hydrogen) atoms. The minimum atomic E-state index is -0.273. The number of hydrogen-bond acceptors (Lipinski definition) is 2. The second-order valence-electron chi connectivity index (χ2n) is 2.23. The van der Waals surface area contributed by atoms with E-state index in [1.807, 2.05) is 12.1 Å². The highest BCUT2D eigenvalue weighted by Crippen LogP contribution is 2.10. The molecule has 1 aromatic carbocycles. The average molecular weight is 255 g/mol. The maximum atomic E-state index is 11.1. The standard InChI is InChI=1S/C9H9BrO2.C2H2/c1-2-12-9(11)7-3-5-8(10)6-4-7;1-2/h3-6H,2H2,1H3;1-2H. The molecule has 1 rings (SSSR count). The summed E-state index contributed by atoms with van der Waals surface area (Å²) in [6.45, 7) is 2.20. The summed E-state index contributed by atoms with van der Waals surface area (Å²) in [6.07, 6.45) is 8.00. The van der Waals surface area contributed by atoms with Gasteiger partial charge in [0.15, 0.2) is 0 Å². The van der Waals surface area contributed by atoms with Gasteiger partial charge < -0.3 is 4.74 Å². The zero-order valence-corrected chi connectivity index (χ0v) is 9.45. The molecule has 0 saturated carbocycles. The molecule has 0 fully saturated rings. The Morgan fingerprint density at radius 2 is 1.86 bits per heavy atom. The Kier molecular flexibility index (Phi) is 6.51. The quantitative estimate of drug-likeness (QED) is 0.600. The number of esters is 1. The van der Waals surface area contributed by atoms with E-state index < -0.39 is 0 Å². The van der Waals surface area contributed by atoms with Crippen molar-refractivity contribution in [2.24, 2.45) is 0 Å². The highest BCUT2D eigenvalue weighted by atomic mass is 79.9. The molecule has 0 heterocycles. The lowest BCUT2D eigenvalue weighted by atomic mass is 10.2. The van der Waals surface area contributed by atoms with Gasteiger partial charge in [0, 0.05) is 4.47 Å². The minimum absolute atomic E-state index is 0.273. The molecule has 0 atom stereocenters.